The molecule has 2 amide bonds. The molecule has 32 heavy (non-hydrogen) atoms. The highest BCUT2D eigenvalue weighted by Gasteiger charge is 2.34. The zero-order valence-corrected chi connectivity index (χ0v) is 18.8. The summed E-state index contributed by atoms with van der Waals surface area (Å²) in [6, 6.07) is 4.54. The zero-order chi connectivity index (χ0) is 22.1. The Bertz CT molecular complexity index is 970. The second-order valence-electron chi connectivity index (χ2n) is 8.69. The Kier molecular flexibility index (Phi) is 6.19. The van der Waals surface area contributed by atoms with Gasteiger partial charge in [-0.25, -0.2) is 9.18 Å². The van der Waals surface area contributed by atoms with Crippen molar-refractivity contribution in [3.05, 3.63) is 34.5 Å². The molecule has 0 unspecified atom stereocenters. The SMILES string of the molecule is O=C1N=C(N2CC[C@@H](N3CCCC3)C2)S/C1=C\c1ccc(F)cc1OC(=O)N1CCCC1. The summed E-state index contributed by atoms with van der Waals surface area (Å²) < 4.78 is 19.3. The number of nitrogens with zero attached hydrogens (tertiary/aromatic N) is 4. The zero-order valence-electron chi connectivity index (χ0n) is 18.0. The van der Waals surface area contributed by atoms with Crippen LogP contribution in [-0.2, 0) is 4.79 Å². The normalized spacial score (nSPS) is 25.3. The van der Waals surface area contributed by atoms with Crippen LogP contribution in [0.25, 0.3) is 6.08 Å². The number of rotatable bonds is 3. The summed E-state index contributed by atoms with van der Waals surface area (Å²) in [7, 11) is 0. The third-order valence-corrected chi connectivity index (χ3v) is 7.57. The van der Waals surface area contributed by atoms with Gasteiger partial charge in [-0.2, -0.15) is 4.99 Å². The van der Waals surface area contributed by atoms with Crippen molar-refractivity contribution in [1.29, 1.82) is 0 Å². The fourth-order valence-corrected chi connectivity index (χ4v) is 5.71. The maximum Gasteiger partial charge on any atom is 0.415 e. The Hall–Kier alpha value is -2.39. The number of amidine groups is 1. The molecule has 7 nitrogen and oxygen atoms in total. The van der Waals surface area contributed by atoms with Gasteiger partial charge in [0.25, 0.3) is 5.91 Å². The molecule has 5 rings (SSSR count). The van der Waals surface area contributed by atoms with Crippen molar-refractivity contribution in [3.8, 4) is 5.75 Å². The highest BCUT2D eigenvalue weighted by atomic mass is 32.2. The van der Waals surface area contributed by atoms with Gasteiger partial charge in [-0.1, -0.05) is 0 Å². The monoisotopic (exact) mass is 458 g/mol. The number of likely N-dealkylation sites (tertiary alicyclic amines) is 3. The van der Waals surface area contributed by atoms with E-state index in [1.807, 2.05) is 0 Å². The predicted molar refractivity (Wildman–Crippen MR) is 122 cm³/mol. The number of hydrogen-bond acceptors (Lipinski definition) is 6. The van der Waals surface area contributed by atoms with E-state index in [2.05, 4.69) is 14.8 Å². The molecule has 1 atom stereocenters. The molecule has 3 fully saturated rings. The average Bonchev–Trinajstić information content (AvgIpc) is 3.57. The molecule has 3 saturated heterocycles. The minimum absolute atomic E-state index is 0.117. The number of ether oxygens (including phenoxy) is 1. The van der Waals surface area contributed by atoms with Gasteiger partial charge in [0.15, 0.2) is 5.17 Å². The summed E-state index contributed by atoms with van der Waals surface area (Å²) >= 11 is 1.34. The van der Waals surface area contributed by atoms with E-state index in [1.54, 1.807) is 11.0 Å². The van der Waals surface area contributed by atoms with Gasteiger partial charge in [0, 0.05) is 43.9 Å². The van der Waals surface area contributed by atoms with Crippen LogP contribution in [0.4, 0.5) is 9.18 Å². The Morgan fingerprint density at radius 2 is 1.88 bits per heavy atom. The lowest BCUT2D eigenvalue weighted by molar-refractivity contribution is -0.113. The van der Waals surface area contributed by atoms with E-state index < -0.39 is 11.9 Å². The first-order chi connectivity index (χ1) is 15.6. The molecule has 9 heteroatoms. The quantitative estimate of drug-likeness (QED) is 0.646. The van der Waals surface area contributed by atoms with E-state index in [1.165, 1.54) is 42.8 Å². The number of benzene rings is 1. The molecule has 0 aromatic heterocycles. The highest BCUT2D eigenvalue weighted by Crippen LogP contribution is 2.34. The summed E-state index contributed by atoms with van der Waals surface area (Å²) in [6.07, 6.45) is 6.65. The van der Waals surface area contributed by atoms with Crippen molar-refractivity contribution in [2.24, 2.45) is 4.99 Å². The predicted octanol–water partition coefficient (Wildman–Crippen LogP) is 3.56. The second kappa shape index (κ2) is 9.23. The number of hydrogen-bond donors (Lipinski definition) is 0. The van der Waals surface area contributed by atoms with E-state index in [-0.39, 0.29) is 11.7 Å². The van der Waals surface area contributed by atoms with Gasteiger partial charge in [0.05, 0.1) is 4.91 Å². The van der Waals surface area contributed by atoms with Crippen molar-refractivity contribution < 1.29 is 18.7 Å². The van der Waals surface area contributed by atoms with Gasteiger partial charge < -0.3 is 14.5 Å². The summed E-state index contributed by atoms with van der Waals surface area (Å²) in [5, 5.41) is 0.723. The van der Waals surface area contributed by atoms with Crippen LogP contribution in [0.2, 0.25) is 0 Å². The molecule has 4 heterocycles. The molecule has 0 spiro atoms. The van der Waals surface area contributed by atoms with Crippen molar-refractivity contribution in [2.45, 2.75) is 38.1 Å². The lowest BCUT2D eigenvalue weighted by Gasteiger charge is -2.23. The van der Waals surface area contributed by atoms with Crippen LogP contribution in [0.1, 0.15) is 37.7 Å². The number of carbonyl (C=O) groups is 2. The maximum atomic E-state index is 13.9. The van der Waals surface area contributed by atoms with E-state index in [4.69, 9.17) is 4.74 Å². The van der Waals surface area contributed by atoms with Gasteiger partial charge in [0.2, 0.25) is 0 Å². The van der Waals surface area contributed by atoms with Crippen LogP contribution in [0.3, 0.4) is 0 Å². The molecule has 4 aliphatic heterocycles. The molecule has 0 N–H and O–H groups in total. The minimum Gasteiger partial charge on any atom is -0.409 e. The number of halogens is 1. The molecule has 0 aliphatic carbocycles. The van der Waals surface area contributed by atoms with Crippen LogP contribution in [0, 0.1) is 5.82 Å². The van der Waals surface area contributed by atoms with Gasteiger partial charge in [0.1, 0.15) is 11.6 Å². The molecule has 170 valence electrons. The Morgan fingerprint density at radius 3 is 2.66 bits per heavy atom. The van der Waals surface area contributed by atoms with E-state index in [9.17, 15) is 14.0 Å². The fourth-order valence-electron chi connectivity index (χ4n) is 4.77. The van der Waals surface area contributed by atoms with Crippen LogP contribution < -0.4 is 4.74 Å². The van der Waals surface area contributed by atoms with Crippen molar-refractivity contribution in [1.82, 2.24) is 14.7 Å². The van der Waals surface area contributed by atoms with E-state index in [0.29, 0.717) is 29.6 Å². The molecule has 1 aromatic carbocycles. The number of carbonyl (C=O) groups excluding carboxylic acids is 2. The van der Waals surface area contributed by atoms with E-state index in [0.717, 1.165) is 50.6 Å². The molecule has 4 aliphatic rings. The number of thioether (sulfide) groups is 1. The molecular formula is C23H27FN4O3S. The molecule has 0 bridgehead atoms. The van der Waals surface area contributed by atoms with Crippen molar-refractivity contribution in [2.75, 3.05) is 39.3 Å². The number of aliphatic imine (C=N–C) groups is 1. The molecule has 0 radical (unpaired) electrons. The second-order valence-corrected chi connectivity index (χ2v) is 9.70. The minimum atomic E-state index is -0.497. The lowest BCUT2D eigenvalue weighted by Crippen LogP contribution is -2.36. The maximum absolute atomic E-state index is 13.9. The molecular weight excluding hydrogens is 431 g/mol. The van der Waals surface area contributed by atoms with E-state index >= 15 is 0 Å². The van der Waals surface area contributed by atoms with Crippen LogP contribution in [0.5, 0.6) is 5.75 Å². The third-order valence-electron chi connectivity index (χ3n) is 6.52. The summed E-state index contributed by atoms with van der Waals surface area (Å²) in [4.78, 5) is 36.1. The summed E-state index contributed by atoms with van der Waals surface area (Å²) in [5.41, 5.74) is 0.489. The standard InChI is InChI=1S/C23H27FN4O3S/c24-17-6-5-16(19(14-17)31-23(30)27-10-3-4-11-27)13-20-21(29)25-22(32-20)28-12-7-18(15-28)26-8-1-2-9-26/h5-6,13-14,18H,1-4,7-12,15H2/b20-13-/t18-/m1/s1. The summed E-state index contributed by atoms with van der Waals surface area (Å²) in [5.74, 6) is -0.689. The number of amides is 2. The fraction of sp³-hybridized carbons (Fsp3) is 0.522. The van der Waals surface area contributed by atoms with Gasteiger partial charge in [-0.05, 0) is 75.2 Å². The Balaban J connectivity index is 1.28. The first-order valence-electron chi connectivity index (χ1n) is 11.3. The van der Waals surface area contributed by atoms with Gasteiger partial charge in [-0.15, -0.1) is 0 Å². The smallest absolute Gasteiger partial charge is 0.409 e. The Morgan fingerprint density at radius 1 is 1.12 bits per heavy atom. The first kappa shape index (κ1) is 21.5. The van der Waals surface area contributed by atoms with Crippen molar-refractivity contribution >= 4 is 35.0 Å². The molecule has 0 saturated carbocycles. The van der Waals surface area contributed by atoms with Crippen LogP contribution in [0.15, 0.2) is 28.1 Å². The van der Waals surface area contributed by atoms with Crippen LogP contribution in [-0.4, -0.2) is 77.2 Å². The van der Waals surface area contributed by atoms with Crippen molar-refractivity contribution in [3.63, 3.8) is 0 Å². The average molecular weight is 459 g/mol. The van der Waals surface area contributed by atoms with Gasteiger partial charge in [-0.3, -0.25) is 9.69 Å². The summed E-state index contributed by atoms with van der Waals surface area (Å²) in [6.45, 7) is 5.39. The molecule has 1 aromatic rings. The largest absolute Gasteiger partial charge is 0.415 e. The Labute approximate surface area is 191 Å². The highest BCUT2D eigenvalue weighted by molar-refractivity contribution is 8.18. The van der Waals surface area contributed by atoms with Crippen LogP contribution >= 0.6 is 11.8 Å². The first-order valence-corrected chi connectivity index (χ1v) is 12.2. The topological polar surface area (TPSA) is 65.5 Å². The lowest BCUT2D eigenvalue weighted by atomic mass is 10.2. The third kappa shape index (κ3) is 4.54. The van der Waals surface area contributed by atoms with Gasteiger partial charge >= 0.3 is 6.09 Å².